The minimum Gasteiger partial charge on any atom is -0.504 e. The molecule has 22 heavy (non-hydrogen) atoms. The van der Waals surface area contributed by atoms with Crippen molar-refractivity contribution in [3.63, 3.8) is 0 Å². The van der Waals surface area contributed by atoms with Crippen LogP contribution < -0.4 is 15.5 Å². The van der Waals surface area contributed by atoms with Crippen molar-refractivity contribution in [1.29, 1.82) is 0 Å². The van der Waals surface area contributed by atoms with Gasteiger partial charge in [0, 0.05) is 13.7 Å². The minimum atomic E-state index is -0.879. The Kier molecular flexibility index (Phi) is 7.41. The van der Waals surface area contributed by atoms with Crippen molar-refractivity contribution in [3.05, 3.63) is 23.8 Å². The average Bonchev–Trinajstić information content (AvgIpc) is 2.50. The molecule has 0 heterocycles. The van der Waals surface area contributed by atoms with Crippen LogP contribution in [0.15, 0.2) is 23.3 Å². The van der Waals surface area contributed by atoms with Gasteiger partial charge in [0.2, 0.25) is 0 Å². The van der Waals surface area contributed by atoms with E-state index in [0.717, 1.165) is 0 Å². The van der Waals surface area contributed by atoms with E-state index in [1.165, 1.54) is 19.4 Å². The first-order chi connectivity index (χ1) is 10.6. The number of carbonyl (C=O) groups excluding carboxylic acids is 2. The van der Waals surface area contributed by atoms with Gasteiger partial charge in [0.15, 0.2) is 11.5 Å². The normalized spacial score (nSPS) is 10.5. The number of nitrogens with zero attached hydrogens (tertiary/aromatic N) is 1. The SMILES string of the molecule is CCOc1cc(/C=N/NC(=O)C(=O)NCCOC)ccc1O. The molecular weight excluding hydrogens is 290 g/mol. The largest absolute Gasteiger partial charge is 0.504 e. The standard InChI is InChI=1S/C14H19N3O5/c1-3-22-12-8-10(4-5-11(12)18)9-16-17-14(20)13(19)15-6-7-21-2/h4-5,8-9,18H,3,6-7H2,1-2H3,(H,15,19)(H,17,20)/b16-9+. The van der Waals surface area contributed by atoms with Crippen molar-refractivity contribution in [2.24, 2.45) is 5.10 Å². The fourth-order valence-corrected chi connectivity index (χ4v) is 1.45. The van der Waals surface area contributed by atoms with Crippen molar-refractivity contribution < 1.29 is 24.2 Å². The first-order valence-electron chi connectivity index (χ1n) is 6.64. The molecule has 8 nitrogen and oxygen atoms in total. The minimum absolute atomic E-state index is 0.0144. The Morgan fingerprint density at radius 3 is 2.82 bits per heavy atom. The molecule has 0 spiro atoms. The Hall–Kier alpha value is -2.61. The number of methoxy groups -OCH3 is 1. The smallest absolute Gasteiger partial charge is 0.329 e. The molecule has 1 aromatic rings. The summed E-state index contributed by atoms with van der Waals surface area (Å²) < 4.78 is 9.97. The maximum atomic E-state index is 11.4. The van der Waals surface area contributed by atoms with Gasteiger partial charge in [-0.2, -0.15) is 5.10 Å². The Labute approximate surface area is 128 Å². The highest BCUT2D eigenvalue weighted by molar-refractivity contribution is 6.35. The highest BCUT2D eigenvalue weighted by atomic mass is 16.5. The fraction of sp³-hybridized carbons (Fsp3) is 0.357. The van der Waals surface area contributed by atoms with Crippen LogP contribution in [0.25, 0.3) is 0 Å². The Morgan fingerprint density at radius 1 is 1.36 bits per heavy atom. The summed E-state index contributed by atoms with van der Waals surface area (Å²) in [5, 5.41) is 15.6. The number of hydrogen-bond acceptors (Lipinski definition) is 6. The van der Waals surface area contributed by atoms with Gasteiger partial charge in [0.25, 0.3) is 0 Å². The summed E-state index contributed by atoms with van der Waals surface area (Å²) in [5.74, 6) is -1.35. The summed E-state index contributed by atoms with van der Waals surface area (Å²) in [6.45, 7) is 2.76. The number of nitrogens with one attached hydrogen (secondary N) is 2. The third-order valence-corrected chi connectivity index (χ3v) is 2.46. The number of phenolic OH excluding ortho intramolecular Hbond substituents is 1. The summed E-state index contributed by atoms with van der Waals surface area (Å²) in [6, 6.07) is 4.60. The highest BCUT2D eigenvalue weighted by Crippen LogP contribution is 2.25. The van der Waals surface area contributed by atoms with E-state index < -0.39 is 11.8 Å². The van der Waals surface area contributed by atoms with E-state index in [4.69, 9.17) is 9.47 Å². The van der Waals surface area contributed by atoms with E-state index in [1.807, 2.05) is 0 Å². The highest BCUT2D eigenvalue weighted by Gasteiger charge is 2.11. The monoisotopic (exact) mass is 309 g/mol. The van der Waals surface area contributed by atoms with Crippen LogP contribution in [0, 0.1) is 0 Å². The summed E-state index contributed by atoms with van der Waals surface area (Å²) in [5.41, 5.74) is 2.70. The van der Waals surface area contributed by atoms with E-state index in [-0.39, 0.29) is 12.3 Å². The third-order valence-electron chi connectivity index (χ3n) is 2.46. The number of hydrogen-bond donors (Lipinski definition) is 3. The molecule has 0 unspecified atom stereocenters. The zero-order valence-electron chi connectivity index (χ0n) is 12.5. The molecule has 3 N–H and O–H groups in total. The van der Waals surface area contributed by atoms with Gasteiger partial charge in [-0.3, -0.25) is 9.59 Å². The van der Waals surface area contributed by atoms with Gasteiger partial charge in [-0.1, -0.05) is 0 Å². The average molecular weight is 309 g/mol. The predicted octanol–water partition coefficient (Wildman–Crippen LogP) is 0.00360. The number of amides is 2. The quantitative estimate of drug-likeness (QED) is 0.284. The van der Waals surface area contributed by atoms with Crippen LogP contribution in [-0.2, 0) is 14.3 Å². The molecule has 0 radical (unpaired) electrons. The summed E-state index contributed by atoms with van der Waals surface area (Å²) in [7, 11) is 1.49. The number of ether oxygens (including phenoxy) is 2. The molecule has 8 heteroatoms. The molecule has 1 aromatic carbocycles. The van der Waals surface area contributed by atoms with Gasteiger partial charge in [-0.05, 0) is 30.7 Å². The van der Waals surface area contributed by atoms with Gasteiger partial charge in [0.05, 0.1) is 19.4 Å². The number of benzene rings is 1. The number of aromatic hydroxyl groups is 1. The Morgan fingerprint density at radius 2 is 2.14 bits per heavy atom. The van der Waals surface area contributed by atoms with Crippen molar-refractivity contribution in [1.82, 2.24) is 10.7 Å². The molecule has 1 rings (SSSR count). The van der Waals surface area contributed by atoms with Gasteiger partial charge in [0.1, 0.15) is 0 Å². The van der Waals surface area contributed by atoms with E-state index >= 15 is 0 Å². The zero-order chi connectivity index (χ0) is 16.4. The zero-order valence-corrected chi connectivity index (χ0v) is 12.5. The van der Waals surface area contributed by atoms with Crippen LogP contribution in [-0.4, -0.2) is 50.0 Å². The molecule has 0 saturated carbocycles. The molecular formula is C14H19N3O5. The molecule has 0 aliphatic carbocycles. The molecule has 0 saturated heterocycles. The third kappa shape index (κ3) is 5.80. The van der Waals surface area contributed by atoms with Crippen molar-refractivity contribution in [2.45, 2.75) is 6.92 Å². The Bertz CT molecular complexity index is 545. The maximum Gasteiger partial charge on any atom is 0.329 e. The number of rotatable bonds is 7. The van der Waals surface area contributed by atoms with E-state index in [2.05, 4.69) is 15.8 Å². The molecule has 0 bridgehead atoms. The summed E-state index contributed by atoms with van der Waals surface area (Å²) >= 11 is 0. The van der Waals surface area contributed by atoms with Crippen LogP contribution >= 0.6 is 0 Å². The molecule has 0 fully saturated rings. The van der Waals surface area contributed by atoms with Crippen LogP contribution in [0.2, 0.25) is 0 Å². The van der Waals surface area contributed by atoms with Crippen LogP contribution in [0.5, 0.6) is 11.5 Å². The lowest BCUT2D eigenvalue weighted by Crippen LogP contribution is -2.39. The van der Waals surface area contributed by atoms with Crippen LogP contribution in [0.1, 0.15) is 12.5 Å². The van der Waals surface area contributed by atoms with Gasteiger partial charge in [-0.15, -0.1) is 0 Å². The number of hydrazone groups is 1. The second kappa shape index (κ2) is 9.35. The Balaban J connectivity index is 2.53. The molecule has 0 aromatic heterocycles. The first kappa shape index (κ1) is 17.4. The van der Waals surface area contributed by atoms with Crippen molar-refractivity contribution in [3.8, 4) is 11.5 Å². The lowest BCUT2D eigenvalue weighted by atomic mass is 10.2. The second-order valence-corrected chi connectivity index (χ2v) is 4.11. The van der Waals surface area contributed by atoms with Gasteiger partial charge < -0.3 is 19.9 Å². The fourth-order valence-electron chi connectivity index (χ4n) is 1.45. The second-order valence-electron chi connectivity index (χ2n) is 4.11. The summed E-state index contributed by atoms with van der Waals surface area (Å²) in [6.07, 6.45) is 1.34. The predicted molar refractivity (Wildman–Crippen MR) is 79.9 cm³/mol. The topological polar surface area (TPSA) is 109 Å². The van der Waals surface area contributed by atoms with E-state index in [1.54, 1.807) is 19.1 Å². The molecule has 0 atom stereocenters. The van der Waals surface area contributed by atoms with E-state index in [0.29, 0.717) is 24.5 Å². The van der Waals surface area contributed by atoms with Crippen molar-refractivity contribution >= 4 is 18.0 Å². The molecule has 0 aliphatic rings. The maximum absolute atomic E-state index is 11.4. The van der Waals surface area contributed by atoms with Gasteiger partial charge in [-0.25, -0.2) is 5.43 Å². The van der Waals surface area contributed by atoms with E-state index in [9.17, 15) is 14.7 Å². The summed E-state index contributed by atoms with van der Waals surface area (Å²) in [4.78, 5) is 22.7. The number of phenols is 1. The van der Waals surface area contributed by atoms with Crippen LogP contribution in [0.3, 0.4) is 0 Å². The van der Waals surface area contributed by atoms with Crippen LogP contribution in [0.4, 0.5) is 0 Å². The van der Waals surface area contributed by atoms with Crippen molar-refractivity contribution in [2.75, 3.05) is 26.9 Å². The first-order valence-corrected chi connectivity index (χ1v) is 6.64. The molecule has 120 valence electrons. The molecule has 2 amide bonds. The van der Waals surface area contributed by atoms with Gasteiger partial charge >= 0.3 is 11.8 Å². The number of carbonyl (C=O) groups is 2. The molecule has 0 aliphatic heterocycles. The lowest BCUT2D eigenvalue weighted by molar-refractivity contribution is -0.139. The lowest BCUT2D eigenvalue weighted by Gasteiger charge is -2.06.